The molecule has 2 rings (SSSR count). The third-order valence-corrected chi connectivity index (χ3v) is 4.79. The van der Waals surface area contributed by atoms with Crippen molar-refractivity contribution in [3.05, 3.63) is 35.4 Å². The van der Waals surface area contributed by atoms with Crippen LogP contribution in [0.1, 0.15) is 43.1 Å². The second-order valence-electron chi connectivity index (χ2n) is 7.14. The van der Waals surface area contributed by atoms with Crippen molar-refractivity contribution in [2.75, 3.05) is 39.9 Å². The highest BCUT2D eigenvalue weighted by molar-refractivity contribution is 5.94. The molecule has 1 heterocycles. The zero-order valence-corrected chi connectivity index (χ0v) is 15.6. The van der Waals surface area contributed by atoms with Gasteiger partial charge in [-0.05, 0) is 36.5 Å². The molecule has 1 aromatic rings. The largest absolute Gasteiger partial charge is 0.383 e. The van der Waals surface area contributed by atoms with Crippen molar-refractivity contribution >= 4 is 5.91 Å². The maximum Gasteiger partial charge on any atom is 0.253 e. The summed E-state index contributed by atoms with van der Waals surface area (Å²) < 4.78 is 5.20. The van der Waals surface area contributed by atoms with E-state index in [2.05, 4.69) is 37.8 Å². The Bertz CT molecular complexity index is 513. The molecule has 24 heavy (non-hydrogen) atoms. The van der Waals surface area contributed by atoms with Crippen molar-refractivity contribution < 1.29 is 9.53 Å². The van der Waals surface area contributed by atoms with Crippen molar-refractivity contribution in [2.45, 2.75) is 39.7 Å². The molecule has 1 fully saturated rings. The molecule has 0 spiro atoms. The first-order chi connectivity index (χ1) is 11.5. The lowest BCUT2D eigenvalue weighted by molar-refractivity contribution is 0.0384. The Balaban J connectivity index is 1.97. The third-order valence-electron chi connectivity index (χ3n) is 4.79. The van der Waals surface area contributed by atoms with Crippen LogP contribution in [0.25, 0.3) is 0 Å². The Morgan fingerprint density at radius 2 is 1.96 bits per heavy atom. The lowest BCUT2D eigenvalue weighted by atomic mass is 10.0. The molecule has 0 aliphatic carbocycles. The van der Waals surface area contributed by atoms with Crippen molar-refractivity contribution in [1.82, 2.24) is 9.80 Å². The van der Waals surface area contributed by atoms with Gasteiger partial charge in [0.25, 0.3) is 5.91 Å². The standard InChI is InChI=1S/C20H32N2O2/c1-5-19-15-22(11-10-21(19)12-13-24-4)20(23)18-8-6-17(7-9-18)14-16(2)3/h6-9,16,19H,5,10-15H2,1-4H3. The van der Waals surface area contributed by atoms with E-state index in [4.69, 9.17) is 4.74 Å². The van der Waals surface area contributed by atoms with Gasteiger partial charge in [0.15, 0.2) is 0 Å². The van der Waals surface area contributed by atoms with E-state index in [1.165, 1.54) is 5.56 Å². The summed E-state index contributed by atoms with van der Waals surface area (Å²) in [5.74, 6) is 0.799. The maximum atomic E-state index is 12.8. The number of benzene rings is 1. The van der Waals surface area contributed by atoms with Crippen molar-refractivity contribution in [1.29, 1.82) is 0 Å². The van der Waals surface area contributed by atoms with E-state index in [-0.39, 0.29) is 5.91 Å². The average molecular weight is 332 g/mol. The molecule has 0 bridgehead atoms. The van der Waals surface area contributed by atoms with Gasteiger partial charge in [-0.1, -0.05) is 32.9 Å². The lowest BCUT2D eigenvalue weighted by Crippen LogP contribution is -2.55. The highest BCUT2D eigenvalue weighted by Crippen LogP contribution is 2.17. The summed E-state index contributed by atoms with van der Waals surface area (Å²) in [7, 11) is 1.74. The molecule has 1 unspecified atom stereocenters. The normalized spacial score (nSPS) is 19.0. The van der Waals surface area contributed by atoms with Crippen LogP contribution in [-0.4, -0.2) is 61.6 Å². The van der Waals surface area contributed by atoms with Gasteiger partial charge in [0.2, 0.25) is 0 Å². The van der Waals surface area contributed by atoms with Crippen LogP contribution < -0.4 is 0 Å². The highest BCUT2D eigenvalue weighted by Gasteiger charge is 2.28. The minimum Gasteiger partial charge on any atom is -0.383 e. The fraction of sp³-hybridized carbons (Fsp3) is 0.650. The summed E-state index contributed by atoms with van der Waals surface area (Å²) in [6.45, 7) is 10.9. The molecule has 134 valence electrons. The van der Waals surface area contributed by atoms with E-state index in [1.54, 1.807) is 7.11 Å². The number of methoxy groups -OCH3 is 1. The van der Waals surface area contributed by atoms with Crippen LogP contribution in [0.2, 0.25) is 0 Å². The Kier molecular flexibility index (Phi) is 7.25. The summed E-state index contributed by atoms with van der Waals surface area (Å²) in [6, 6.07) is 8.59. The van der Waals surface area contributed by atoms with Gasteiger partial charge in [-0.3, -0.25) is 9.69 Å². The van der Waals surface area contributed by atoms with Crippen LogP contribution in [0.5, 0.6) is 0 Å². The smallest absolute Gasteiger partial charge is 0.253 e. The molecule has 0 aromatic heterocycles. The summed E-state index contributed by atoms with van der Waals surface area (Å²) >= 11 is 0. The minimum atomic E-state index is 0.163. The zero-order valence-electron chi connectivity index (χ0n) is 15.6. The van der Waals surface area contributed by atoms with E-state index in [0.29, 0.717) is 12.0 Å². The highest BCUT2D eigenvalue weighted by atomic mass is 16.5. The summed E-state index contributed by atoms with van der Waals surface area (Å²) in [5.41, 5.74) is 2.11. The maximum absolute atomic E-state index is 12.8. The Morgan fingerprint density at radius 1 is 1.25 bits per heavy atom. The summed E-state index contributed by atoms with van der Waals surface area (Å²) in [6.07, 6.45) is 2.12. The fourth-order valence-electron chi connectivity index (χ4n) is 3.40. The van der Waals surface area contributed by atoms with Gasteiger partial charge < -0.3 is 9.64 Å². The molecule has 0 saturated carbocycles. The first kappa shape index (κ1) is 18.9. The van der Waals surface area contributed by atoms with Crippen LogP contribution >= 0.6 is 0 Å². The molecule has 4 heteroatoms. The quantitative estimate of drug-likeness (QED) is 0.769. The predicted octanol–water partition coefficient (Wildman–Crippen LogP) is 3.07. The second kappa shape index (κ2) is 9.19. The van der Waals surface area contributed by atoms with E-state index < -0.39 is 0 Å². The van der Waals surface area contributed by atoms with Gasteiger partial charge >= 0.3 is 0 Å². The first-order valence-corrected chi connectivity index (χ1v) is 9.16. The van der Waals surface area contributed by atoms with Gasteiger partial charge in [0.1, 0.15) is 0 Å². The molecule has 1 aliphatic rings. The Labute approximate surface area is 146 Å². The number of piperazine rings is 1. The molecule has 1 amide bonds. The van der Waals surface area contributed by atoms with Crippen LogP contribution in [0.3, 0.4) is 0 Å². The SMILES string of the molecule is CCC1CN(C(=O)c2ccc(CC(C)C)cc2)CCN1CCOC. The molecule has 1 saturated heterocycles. The van der Waals surface area contributed by atoms with Crippen LogP contribution in [0, 0.1) is 5.92 Å². The first-order valence-electron chi connectivity index (χ1n) is 9.16. The van der Waals surface area contributed by atoms with Gasteiger partial charge in [-0.25, -0.2) is 0 Å². The molecule has 1 aromatic carbocycles. The predicted molar refractivity (Wildman–Crippen MR) is 98.4 cm³/mol. The van der Waals surface area contributed by atoms with E-state index in [1.807, 2.05) is 17.0 Å². The average Bonchev–Trinajstić information content (AvgIpc) is 2.59. The minimum absolute atomic E-state index is 0.163. The number of carbonyl (C=O) groups excluding carboxylic acids is 1. The Morgan fingerprint density at radius 3 is 2.54 bits per heavy atom. The number of rotatable bonds is 7. The third kappa shape index (κ3) is 5.05. The number of amides is 1. The van der Waals surface area contributed by atoms with Crippen LogP contribution in [0.15, 0.2) is 24.3 Å². The second-order valence-corrected chi connectivity index (χ2v) is 7.14. The van der Waals surface area contributed by atoms with Gasteiger partial charge in [0.05, 0.1) is 6.61 Å². The number of hydrogen-bond donors (Lipinski definition) is 0. The fourth-order valence-corrected chi connectivity index (χ4v) is 3.40. The molecule has 1 aliphatic heterocycles. The number of nitrogens with zero attached hydrogens (tertiary/aromatic N) is 2. The molecule has 1 atom stereocenters. The summed E-state index contributed by atoms with van der Waals surface area (Å²) in [5, 5.41) is 0. The lowest BCUT2D eigenvalue weighted by Gasteiger charge is -2.41. The molecule has 0 N–H and O–H groups in total. The van der Waals surface area contributed by atoms with Gasteiger partial charge in [0, 0.05) is 44.9 Å². The monoisotopic (exact) mass is 332 g/mol. The number of carbonyl (C=O) groups is 1. The zero-order chi connectivity index (χ0) is 17.5. The van der Waals surface area contributed by atoms with E-state index in [0.717, 1.165) is 51.2 Å². The van der Waals surface area contributed by atoms with Crippen molar-refractivity contribution in [3.8, 4) is 0 Å². The van der Waals surface area contributed by atoms with E-state index >= 15 is 0 Å². The number of ether oxygens (including phenoxy) is 1. The topological polar surface area (TPSA) is 32.8 Å². The Hall–Kier alpha value is -1.39. The molecular weight excluding hydrogens is 300 g/mol. The van der Waals surface area contributed by atoms with Crippen LogP contribution in [-0.2, 0) is 11.2 Å². The van der Waals surface area contributed by atoms with Gasteiger partial charge in [-0.15, -0.1) is 0 Å². The number of hydrogen-bond acceptors (Lipinski definition) is 3. The molecular formula is C20H32N2O2. The summed E-state index contributed by atoms with van der Waals surface area (Å²) in [4.78, 5) is 17.3. The van der Waals surface area contributed by atoms with E-state index in [9.17, 15) is 4.79 Å². The van der Waals surface area contributed by atoms with Gasteiger partial charge in [-0.2, -0.15) is 0 Å². The van der Waals surface area contributed by atoms with Crippen molar-refractivity contribution in [2.24, 2.45) is 5.92 Å². The van der Waals surface area contributed by atoms with Crippen LogP contribution in [0.4, 0.5) is 0 Å². The molecule has 0 radical (unpaired) electrons. The van der Waals surface area contributed by atoms with Crippen molar-refractivity contribution in [3.63, 3.8) is 0 Å². The molecule has 4 nitrogen and oxygen atoms in total.